The van der Waals surface area contributed by atoms with Gasteiger partial charge in [0.2, 0.25) is 0 Å². The molecule has 0 spiro atoms. The number of hydrogen-bond donors (Lipinski definition) is 1. The topological polar surface area (TPSA) is 42.2 Å². The highest BCUT2D eigenvalue weighted by Gasteiger charge is 2.26. The number of aryl methyl sites for hydroxylation is 1. The predicted octanol–water partition coefficient (Wildman–Crippen LogP) is 5.75. The molecule has 0 bridgehead atoms. The standard InChI is InChI=1S/C24H25NO2/c1-2-21-15-22(26)24(19-9-6-10-19)23(27-21)16-25-20-13-11-18(12-14-20)17-7-4-3-5-8-17/h3-5,7-8,11-15,19,25H,2,6,9-10,16H2,1H3. The molecular formula is C24H25NO2. The fourth-order valence-electron chi connectivity index (χ4n) is 3.63. The maximum Gasteiger partial charge on any atom is 0.188 e. The van der Waals surface area contributed by atoms with Gasteiger partial charge in [-0.05, 0) is 42.0 Å². The first-order valence-corrected chi connectivity index (χ1v) is 9.79. The number of anilines is 1. The molecule has 4 rings (SSSR count). The molecule has 27 heavy (non-hydrogen) atoms. The molecule has 0 unspecified atom stereocenters. The third kappa shape index (κ3) is 3.82. The van der Waals surface area contributed by atoms with Gasteiger partial charge in [-0.1, -0.05) is 55.8 Å². The van der Waals surface area contributed by atoms with Crippen molar-refractivity contribution in [1.82, 2.24) is 0 Å². The van der Waals surface area contributed by atoms with Gasteiger partial charge < -0.3 is 9.73 Å². The van der Waals surface area contributed by atoms with E-state index in [1.54, 1.807) is 6.07 Å². The number of benzene rings is 2. The van der Waals surface area contributed by atoms with Crippen LogP contribution in [-0.4, -0.2) is 0 Å². The van der Waals surface area contributed by atoms with Crippen LogP contribution in [0.25, 0.3) is 11.1 Å². The van der Waals surface area contributed by atoms with Gasteiger partial charge in [-0.2, -0.15) is 0 Å². The van der Waals surface area contributed by atoms with Gasteiger partial charge in [0, 0.05) is 23.7 Å². The molecule has 1 aliphatic carbocycles. The molecule has 0 saturated heterocycles. The van der Waals surface area contributed by atoms with E-state index in [1.165, 1.54) is 17.5 Å². The third-order valence-corrected chi connectivity index (χ3v) is 5.42. The molecule has 1 saturated carbocycles. The van der Waals surface area contributed by atoms with Gasteiger partial charge in [0.15, 0.2) is 5.43 Å². The summed E-state index contributed by atoms with van der Waals surface area (Å²) in [5.74, 6) is 1.93. The van der Waals surface area contributed by atoms with Gasteiger partial charge in [-0.3, -0.25) is 4.79 Å². The monoisotopic (exact) mass is 359 g/mol. The highest BCUT2D eigenvalue weighted by molar-refractivity contribution is 5.65. The van der Waals surface area contributed by atoms with Crippen molar-refractivity contribution < 1.29 is 4.42 Å². The lowest BCUT2D eigenvalue weighted by atomic mass is 9.79. The SMILES string of the molecule is CCc1cc(=O)c(C2CCC2)c(CNc2ccc(-c3ccccc3)cc2)o1. The van der Waals surface area contributed by atoms with Gasteiger partial charge in [-0.15, -0.1) is 0 Å². The molecule has 1 N–H and O–H groups in total. The van der Waals surface area contributed by atoms with Crippen LogP contribution in [0.5, 0.6) is 0 Å². The molecule has 0 amide bonds. The molecule has 138 valence electrons. The smallest absolute Gasteiger partial charge is 0.188 e. The second-order valence-electron chi connectivity index (χ2n) is 7.19. The molecule has 3 aromatic rings. The molecule has 3 nitrogen and oxygen atoms in total. The molecule has 1 aromatic heterocycles. The highest BCUT2D eigenvalue weighted by atomic mass is 16.3. The van der Waals surface area contributed by atoms with Crippen LogP contribution >= 0.6 is 0 Å². The van der Waals surface area contributed by atoms with Crippen molar-refractivity contribution in [3.63, 3.8) is 0 Å². The summed E-state index contributed by atoms with van der Waals surface area (Å²) in [5, 5.41) is 3.43. The van der Waals surface area contributed by atoms with Crippen LogP contribution in [0.15, 0.2) is 69.9 Å². The van der Waals surface area contributed by atoms with E-state index in [2.05, 4.69) is 41.7 Å². The summed E-state index contributed by atoms with van der Waals surface area (Å²) >= 11 is 0. The Morgan fingerprint density at radius 2 is 1.70 bits per heavy atom. The van der Waals surface area contributed by atoms with E-state index < -0.39 is 0 Å². The Bertz CT molecular complexity index is 954. The van der Waals surface area contributed by atoms with E-state index in [0.29, 0.717) is 12.5 Å². The second-order valence-corrected chi connectivity index (χ2v) is 7.19. The number of rotatable bonds is 6. The van der Waals surface area contributed by atoms with Crippen LogP contribution in [0.3, 0.4) is 0 Å². The molecule has 1 aliphatic rings. The van der Waals surface area contributed by atoms with E-state index in [-0.39, 0.29) is 5.43 Å². The molecule has 1 fully saturated rings. The van der Waals surface area contributed by atoms with E-state index in [0.717, 1.165) is 42.0 Å². The molecule has 0 aliphatic heterocycles. The Morgan fingerprint density at radius 3 is 2.33 bits per heavy atom. The summed E-state index contributed by atoms with van der Waals surface area (Å²) in [7, 11) is 0. The average molecular weight is 359 g/mol. The lowest BCUT2D eigenvalue weighted by Crippen LogP contribution is -2.22. The summed E-state index contributed by atoms with van der Waals surface area (Å²) in [5.41, 5.74) is 4.44. The molecule has 1 heterocycles. The van der Waals surface area contributed by atoms with E-state index >= 15 is 0 Å². The second kappa shape index (κ2) is 7.83. The summed E-state index contributed by atoms with van der Waals surface area (Å²) in [6.45, 7) is 2.56. The number of nitrogens with one attached hydrogen (secondary N) is 1. The summed E-state index contributed by atoms with van der Waals surface area (Å²) in [6.07, 6.45) is 4.12. The van der Waals surface area contributed by atoms with Crippen LogP contribution in [-0.2, 0) is 13.0 Å². The van der Waals surface area contributed by atoms with E-state index in [1.807, 2.05) is 25.1 Å². The fourth-order valence-corrected chi connectivity index (χ4v) is 3.63. The zero-order chi connectivity index (χ0) is 18.6. The Kier molecular flexibility index (Phi) is 5.10. The molecular weight excluding hydrogens is 334 g/mol. The predicted molar refractivity (Wildman–Crippen MR) is 110 cm³/mol. The van der Waals surface area contributed by atoms with Gasteiger partial charge in [-0.25, -0.2) is 0 Å². The first kappa shape index (κ1) is 17.6. The van der Waals surface area contributed by atoms with Crippen molar-refractivity contribution in [2.75, 3.05) is 5.32 Å². The highest BCUT2D eigenvalue weighted by Crippen LogP contribution is 2.36. The Labute approximate surface area is 160 Å². The van der Waals surface area contributed by atoms with Crippen molar-refractivity contribution >= 4 is 5.69 Å². The summed E-state index contributed by atoms with van der Waals surface area (Å²) in [6, 6.07) is 20.4. The van der Waals surface area contributed by atoms with Crippen LogP contribution in [0.4, 0.5) is 5.69 Å². The Morgan fingerprint density at radius 1 is 1.00 bits per heavy atom. The minimum Gasteiger partial charge on any atom is -0.464 e. The van der Waals surface area contributed by atoms with Crippen LogP contribution in [0.1, 0.15) is 49.2 Å². The fraction of sp³-hybridized carbons (Fsp3) is 0.292. The number of hydrogen-bond acceptors (Lipinski definition) is 3. The quantitative estimate of drug-likeness (QED) is 0.609. The molecule has 0 atom stereocenters. The Balaban J connectivity index is 1.53. The van der Waals surface area contributed by atoms with E-state index in [9.17, 15) is 4.79 Å². The van der Waals surface area contributed by atoms with Crippen molar-refractivity contribution in [3.8, 4) is 11.1 Å². The largest absolute Gasteiger partial charge is 0.464 e. The first-order chi connectivity index (χ1) is 13.2. The minimum atomic E-state index is 0.138. The lowest BCUT2D eigenvalue weighted by Gasteiger charge is -2.26. The van der Waals surface area contributed by atoms with Crippen LogP contribution in [0, 0.1) is 0 Å². The van der Waals surface area contributed by atoms with Crippen molar-refractivity contribution in [2.24, 2.45) is 0 Å². The maximum atomic E-state index is 12.6. The lowest BCUT2D eigenvalue weighted by molar-refractivity contribution is 0.382. The third-order valence-electron chi connectivity index (χ3n) is 5.42. The minimum absolute atomic E-state index is 0.138. The Hall–Kier alpha value is -2.81. The van der Waals surface area contributed by atoms with Crippen molar-refractivity contribution in [2.45, 2.75) is 45.1 Å². The summed E-state index contributed by atoms with van der Waals surface area (Å²) < 4.78 is 6.05. The average Bonchev–Trinajstić information content (AvgIpc) is 2.68. The van der Waals surface area contributed by atoms with Gasteiger partial charge in [0.05, 0.1) is 6.54 Å². The van der Waals surface area contributed by atoms with Gasteiger partial charge in [0.25, 0.3) is 0 Å². The molecule has 0 radical (unpaired) electrons. The van der Waals surface area contributed by atoms with Gasteiger partial charge >= 0.3 is 0 Å². The maximum absolute atomic E-state index is 12.6. The molecule has 2 aromatic carbocycles. The zero-order valence-electron chi connectivity index (χ0n) is 15.7. The normalized spacial score (nSPS) is 14.0. The van der Waals surface area contributed by atoms with Crippen molar-refractivity contribution in [1.29, 1.82) is 0 Å². The van der Waals surface area contributed by atoms with Crippen LogP contribution < -0.4 is 10.7 Å². The first-order valence-electron chi connectivity index (χ1n) is 9.79. The van der Waals surface area contributed by atoms with Crippen LogP contribution in [0.2, 0.25) is 0 Å². The summed E-state index contributed by atoms with van der Waals surface area (Å²) in [4.78, 5) is 12.6. The zero-order valence-corrected chi connectivity index (χ0v) is 15.7. The molecule has 3 heteroatoms. The van der Waals surface area contributed by atoms with E-state index in [4.69, 9.17) is 4.42 Å². The van der Waals surface area contributed by atoms with Crippen molar-refractivity contribution in [3.05, 3.63) is 88.0 Å². The van der Waals surface area contributed by atoms with Gasteiger partial charge in [0.1, 0.15) is 11.5 Å².